The first-order valence-electron chi connectivity index (χ1n) is 6.87. The lowest BCUT2D eigenvalue weighted by Gasteiger charge is -2.27. The van der Waals surface area contributed by atoms with Gasteiger partial charge in [0.25, 0.3) is 0 Å². The van der Waals surface area contributed by atoms with Crippen LogP contribution in [0, 0.1) is 0 Å². The van der Waals surface area contributed by atoms with E-state index in [-0.39, 0.29) is 5.54 Å². The van der Waals surface area contributed by atoms with Crippen LogP contribution in [0.2, 0.25) is 0 Å². The fourth-order valence-corrected chi connectivity index (χ4v) is 2.32. The van der Waals surface area contributed by atoms with Crippen LogP contribution in [-0.2, 0) is 6.54 Å². The van der Waals surface area contributed by atoms with Gasteiger partial charge in [-0.3, -0.25) is 0 Å². The second-order valence-electron chi connectivity index (χ2n) is 6.39. The molecule has 1 rings (SSSR count). The number of rotatable bonds is 6. The van der Waals surface area contributed by atoms with Gasteiger partial charge in [-0.25, -0.2) is 0 Å². The van der Waals surface area contributed by atoms with E-state index in [1.165, 1.54) is 11.1 Å². The van der Waals surface area contributed by atoms with Crippen molar-refractivity contribution >= 4 is 0 Å². The first-order chi connectivity index (χ1) is 8.73. The van der Waals surface area contributed by atoms with Gasteiger partial charge in [-0.2, -0.15) is 0 Å². The number of nitrogens with two attached hydrogens (primary N) is 1. The third-order valence-corrected chi connectivity index (χ3v) is 3.09. The summed E-state index contributed by atoms with van der Waals surface area (Å²) in [6, 6.07) is 6.44. The molecule has 0 atom stereocenters. The van der Waals surface area contributed by atoms with Crippen molar-refractivity contribution in [1.29, 1.82) is 0 Å². The summed E-state index contributed by atoms with van der Waals surface area (Å²) in [5.74, 6) is 1.48. The summed E-state index contributed by atoms with van der Waals surface area (Å²) >= 11 is 0. The number of benzene rings is 1. The van der Waals surface area contributed by atoms with Crippen LogP contribution in [0.4, 0.5) is 0 Å². The van der Waals surface area contributed by atoms with Gasteiger partial charge in [0.15, 0.2) is 0 Å². The molecule has 0 aliphatic heterocycles. The van der Waals surface area contributed by atoms with Crippen LogP contribution in [0.1, 0.15) is 44.7 Å². The Kier molecular flexibility index (Phi) is 5.39. The average Bonchev–Trinajstić information content (AvgIpc) is 2.26. The second-order valence-corrected chi connectivity index (χ2v) is 6.39. The van der Waals surface area contributed by atoms with Crippen LogP contribution in [0.3, 0.4) is 0 Å². The lowest BCUT2D eigenvalue weighted by atomic mass is 9.99. The number of likely N-dealkylation sites (N-methyl/N-ethyl adjacent to an activating group) is 1. The quantitative estimate of drug-likeness (QED) is 0.858. The number of hydrogen-bond acceptors (Lipinski definition) is 3. The molecule has 1 aromatic rings. The molecule has 0 saturated carbocycles. The molecule has 0 amide bonds. The molecule has 0 fully saturated rings. The summed E-state index contributed by atoms with van der Waals surface area (Å²) < 4.78 is 5.45. The Morgan fingerprint density at radius 2 is 1.95 bits per heavy atom. The molecule has 3 nitrogen and oxygen atoms in total. The highest BCUT2D eigenvalue weighted by molar-refractivity contribution is 5.38. The monoisotopic (exact) mass is 264 g/mol. The normalized spacial score (nSPS) is 12.3. The van der Waals surface area contributed by atoms with E-state index in [9.17, 15) is 0 Å². The second kappa shape index (κ2) is 6.40. The summed E-state index contributed by atoms with van der Waals surface area (Å²) in [6.45, 7) is 10.2. The van der Waals surface area contributed by atoms with Crippen LogP contribution in [0.15, 0.2) is 18.2 Å². The molecule has 2 N–H and O–H groups in total. The van der Waals surface area contributed by atoms with Crippen LogP contribution >= 0.6 is 0 Å². The Bertz CT molecular complexity index is 408. The van der Waals surface area contributed by atoms with Crippen molar-refractivity contribution in [1.82, 2.24) is 4.90 Å². The van der Waals surface area contributed by atoms with Gasteiger partial charge in [-0.1, -0.05) is 26.0 Å². The zero-order valence-electron chi connectivity index (χ0n) is 13.2. The van der Waals surface area contributed by atoms with E-state index in [4.69, 9.17) is 10.5 Å². The molecule has 0 saturated heterocycles. The number of ether oxygens (including phenoxy) is 1. The molecule has 0 radical (unpaired) electrons. The van der Waals surface area contributed by atoms with Crippen LogP contribution < -0.4 is 10.5 Å². The largest absolute Gasteiger partial charge is 0.496 e. The minimum absolute atomic E-state index is 0.183. The van der Waals surface area contributed by atoms with E-state index in [0.717, 1.165) is 18.8 Å². The van der Waals surface area contributed by atoms with E-state index in [1.54, 1.807) is 7.11 Å². The molecule has 0 unspecified atom stereocenters. The van der Waals surface area contributed by atoms with Crippen molar-refractivity contribution in [3.63, 3.8) is 0 Å². The number of nitrogens with zero attached hydrogens (tertiary/aromatic N) is 1. The highest BCUT2D eigenvalue weighted by Gasteiger charge is 2.16. The van der Waals surface area contributed by atoms with Gasteiger partial charge in [-0.15, -0.1) is 0 Å². The maximum Gasteiger partial charge on any atom is 0.123 e. The van der Waals surface area contributed by atoms with E-state index in [1.807, 2.05) is 13.8 Å². The molecule has 108 valence electrons. The van der Waals surface area contributed by atoms with E-state index in [2.05, 4.69) is 44.0 Å². The van der Waals surface area contributed by atoms with Gasteiger partial charge in [0.2, 0.25) is 0 Å². The summed E-state index contributed by atoms with van der Waals surface area (Å²) in [5.41, 5.74) is 8.45. The standard InChI is InChI=1S/C16H28N2O/c1-12(2)13-7-8-15(19-6)14(9-13)10-18(5)11-16(3,4)17/h7-9,12H,10-11,17H2,1-6H3. The summed E-state index contributed by atoms with van der Waals surface area (Å²) in [5, 5.41) is 0. The van der Waals surface area contributed by atoms with Gasteiger partial charge in [0, 0.05) is 24.2 Å². The van der Waals surface area contributed by atoms with Crippen molar-refractivity contribution in [2.75, 3.05) is 20.7 Å². The smallest absolute Gasteiger partial charge is 0.123 e. The Hall–Kier alpha value is -1.06. The zero-order chi connectivity index (χ0) is 14.6. The Balaban J connectivity index is 2.88. The van der Waals surface area contributed by atoms with Crippen molar-refractivity contribution in [3.8, 4) is 5.75 Å². The van der Waals surface area contributed by atoms with E-state index >= 15 is 0 Å². The van der Waals surface area contributed by atoms with Gasteiger partial charge in [-0.05, 0) is 38.4 Å². The molecule has 0 aliphatic carbocycles. The maximum atomic E-state index is 6.07. The van der Waals surface area contributed by atoms with Crippen LogP contribution in [0.5, 0.6) is 5.75 Å². The molecule has 0 spiro atoms. The summed E-state index contributed by atoms with van der Waals surface area (Å²) in [4.78, 5) is 2.24. The molecule has 19 heavy (non-hydrogen) atoms. The summed E-state index contributed by atoms with van der Waals surface area (Å²) in [7, 11) is 3.82. The van der Waals surface area contributed by atoms with Gasteiger partial charge in [0.1, 0.15) is 5.75 Å². The van der Waals surface area contributed by atoms with Crippen LogP contribution in [0.25, 0.3) is 0 Å². The molecule has 0 heterocycles. The molecular formula is C16H28N2O. The van der Waals surface area contributed by atoms with E-state index in [0.29, 0.717) is 5.92 Å². The van der Waals surface area contributed by atoms with E-state index < -0.39 is 0 Å². The lowest BCUT2D eigenvalue weighted by molar-refractivity contribution is 0.259. The Morgan fingerprint density at radius 3 is 2.42 bits per heavy atom. The zero-order valence-corrected chi connectivity index (χ0v) is 13.2. The summed E-state index contributed by atoms with van der Waals surface area (Å²) in [6.07, 6.45) is 0. The van der Waals surface area contributed by atoms with Crippen LogP contribution in [-0.4, -0.2) is 31.1 Å². The predicted molar refractivity (Wildman–Crippen MR) is 81.7 cm³/mol. The lowest BCUT2D eigenvalue weighted by Crippen LogP contribution is -2.43. The fourth-order valence-electron chi connectivity index (χ4n) is 2.32. The molecule has 1 aromatic carbocycles. The molecule has 0 aromatic heterocycles. The molecule has 0 aliphatic rings. The van der Waals surface area contributed by atoms with Gasteiger partial charge in [0.05, 0.1) is 7.11 Å². The third-order valence-electron chi connectivity index (χ3n) is 3.09. The highest BCUT2D eigenvalue weighted by atomic mass is 16.5. The molecule has 0 bridgehead atoms. The first kappa shape index (κ1) is 16.0. The topological polar surface area (TPSA) is 38.5 Å². The van der Waals surface area contributed by atoms with Gasteiger partial charge >= 0.3 is 0 Å². The maximum absolute atomic E-state index is 6.07. The molecule has 3 heteroatoms. The SMILES string of the molecule is COc1ccc(C(C)C)cc1CN(C)CC(C)(C)N. The fraction of sp³-hybridized carbons (Fsp3) is 0.625. The number of methoxy groups -OCH3 is 1. The van der Waals surface area contributed by atoms with Crippen molar-refractivity contribution in [2.45, 2.75) is 45.7 Å². The minimum atomic E-state index is -0.183. The first-order valence-corrected chi connectivity index (χ1v) is 6.87. The van der Waals surface area contributed by atoms with Gasteiger partial charge < -0.3 is 15.4 Å². The minimum Gasteiger partial charge on any atom is -0.496 e. The molecular weight excluding hydrogens is 236 g/mol. The Labute approximate surface area is 117 Å². The highest BCUT2D eigenvalue weighted by Crippen LogP contribution is 2.25. The predicted octanol–water partition coefficient (Wildman–Crippen LogP) is 2.99. The van der Waals surface area contributed by atoms with Crippen molar-refractivity contribution in [3.05, 3.63) is 29.3 Å². The van der Waals surface area contributed by atoms with Crippen molar-refractivity contribution in [2.24, 2.45) is 5.73 Å². The third kappa shape index (κ3) is 5.21. The number of hydrogen-bond donors (Lipinski definition) is 1. The Morgan fingerprint density at radius 1 is 1.32 bits per heavy atom. The average molecular weight is 264 g/mol. The van der Waals surface area contributed by atoms with Crippen molar-refractivity contribution < 1.29 is 4.74 Å².